The Morgan fingerprint density at radius 2 is 1.10 bits per heavy atom. The molecular weight excluding hydrogens is 384 g/mol. The summed E-state index contributed by atoms with van der Waals surface area (Å²) in [6, 6.07) is 3.93. The van der Waals surface area contributed by atoms with Crippen LogP contribution in [0.2, 0.25) is 0 Å². The molecular formula is C28H48O3. The first-order chi connectivity index (χ1) is 15.2. The summed E-state index contributed by atoms with van der Waals surface area (Å²) in [6.07, 6.45) is 20.5. The van der Waals surface area contributed by atoms with E-state index in [0.717, 1.165) is 42.6 Å². The smallest absolute Gasteiger partial charge is 0.163 e. The summed E-state index contributed by atoms with van der Waals surface area (Å²) in [7, 11) is 3.30. The summed E-state index contributed by atoms with van der Waals surface area (Å²) in [5.74, 6) is 1.64. The molecule has 0 unspecified atom stereocenters. The summed E-state index contributed by atoms with van der Waals surface area (Å²) < 4.78 is 11.0. The summed E-state index contributed by atoms with van der Waals surface area (Å²) >= 11 is 0. The average Bonchev–Trinajstić information content (AvgIpc) is 2.79. The van der Waals surface area contributed by atoms with Crippen molar-refractivity contribution in [1.82, 2.24) is 0 Å². The molecule has 0 bridgehead atoms. The number of carbonyl (C=O) groups is 1. The predicted octanol–water partition coefficient (Wildman–Crippen LogP) is 8.71. The second-order valence-corrected chi connectivity index (χ2v) is 8.88. The highest BCUT2D eigenvalue weighted by Gasteiger charge is 2.16. The van der Waals surface area contributed by atoms with Gasteiger partial charge in [-0.25, -0.2) is 0 Å². The number of aryl methyl sites for hydroxylation is 1. The molecule has 0 fully saturated rings. The molecule has 1 aromatic rings. The van der Waals surface area contributed by atoms with Crippen LogP contribution in [-0.4, -0.2) is 20.0 Å². The van der Waals surface area contributed by atoms with Crippen LogP contribution in [0.1, 0.15) is 133 Å². The molecule has 0 aromatic heterocycles. The molecule has 0 aliphatic carbocycles. The van der Waals surface area contributed by atoms with Gasteiger partial charge in [-0.3, -0.25) is 4.79 Å². The summed E-state index contributed by atoms with van der Waals surface area (Å²) in [5, 5.41) is 0. The molecule has 0 aliphatic heterocycles. The van der Waals surface area contributed by atoms with E-state index in [0.29, 0.717) is 12.2 Å². The zero-order valence-corrected chi connectivity index (χ0v) is 20.9. The van der Waals surface area contributed by atoms with Gasteiger partial charge in [0.2, 0.25) is 0 Å². The third-order valence-corrected chi connectivity index (χ3v) is 6.22. The molecule has 0 heterocycles. The molecule has 0 amide bonds. The Hall–Kier alpha value is -1.51. The molecule has 0 aliphatic rings. The standard InChI is InChI=1S/C28H48O3/c1-5-7-9-11-13-15-16-18-20-24-22-27(30-3)28(31-4)23-25(24)26(29)21-19-17-14-12-10-8-6-2/h22-23H,5-21H2,1-4H3. The van der Waals surface area contributed by atoms with Gasteiger partial charge < -0.3 is 9.47 Å². The fourth-order valence-electron chi connectivity index (χ4n) is 4.21. The lowest BCUT2D eigenvalue weighted by Gasteiger charge is -2.15. The Morgan fingerprint density at radius 1 is 0.645 bits per heavy atom. The highest BCUT2D eigenvalue weighted by atomic mass is 16.5. The number of carbonyl (C=O) groups excluding carboxylic acids is 1. The van der Waals surface area contributed by atoms with Crippen molar-refractivity contribution in [3.05, 3.63) is 23.3 Å². The van der Waals surface area contributed by atoms with Crippen molar-refractivity contribution < 1.29 is 14.3 Å². The second-order valence-electron chi connectivity index (χ2n) is 8.88. The monoisotopic (exact) mass is 432 g/mol. The Bertz CT molecular complexity index is 594. The van der Waals surface area contributed by atoms with Crippen LogP contribution in [0.25, 0.3) is 0 Å². The van der Waals surface area contributed by atoms with E-state index < -0.39 is 0 Å². The van der Waals surface area contributed by atoms with Crippen LogP contribution in [0.4, 0.5) is 0 Å². The first-order valence-corrected chi connectivity index (χ1v) is 13.0. The second kappa shape index (κ2) is 18.1. The first kappa shape index (κ1) is 27.5. The minimum atomic E-state index is 0.254. The van der Waals surface area contributed by atoms with Gasteiger partial charge >= 0.3 is 0 Å². The van der Waals surface area contributed by atoms with Gasteiger partial charge in [-0.1, -0.05) is 97.3 Å². The molecule has 1 aromatic carbocycles. The van der Waals surface area contributed by atoms with Gasteiger partial charge in [0.1, 0.15) is 0 Å². The normalized spacial score (nSPS) is 11.0. The van der Waals surface area contributed by atoms with Gasteiger partial charge in [0, 0.05) is 12.0 Å². The number of ketones is 1. The third kappa shape index (κ3) is 11.6. The molecule has 1 rings (SSSR count). The molecule has 0 atom stereocenters. The van der Waals surface area contributed by atoms with Crippen LogP contribution >= 0.6 is 0 Å². The third-order valence-electron chi connectivity index (χ3n) is 6.22. The average molecular weight is 433 g/mol. The topological polar surface area (TPSA) is 35.5 Å². The van der Waals surface area contributed by atoms with Gasteiger partial charge in [0.25, 0.3) is 0 Å². The van der Waals surface area contributed by atoms with Crippen LogP contribution in [0.3, 0.4) is 0 Å². The lowest BCUT2D eigenvalue weighted by atomic mass is 9.94. The minimum absolute atomic E-state index is 0.254. The Labute approximate surface area is 192 Å². The van der Waals surface area contributed by atoms with Crippen molar-refractivity contribution >= 4 is 5.78 Å². The number of hydrogen-bond donors (Lipinski definition) is 0. The highest BCUT2D eigenvalue weighted by Crippen LogP contribution is 2.32. The van der Waals surface area contributed by atoms with Gasteiger partial charge in [-0.2, -0.15) is 0 Å². The zero-order valence-electron chi connectivity index (χ0n) is 20.9. The maximum atomic E-state index is 13.0. The molecule has 31 heavy (non-hydrogen) atoms. The molecule has 0 radical (unpaired) electrons. The first-order valence-electron chi connectivity index (χ1n) is 13.0. The quantitative estimate of drug-likeness (QED) is 0.153. The maximum Gasteiger partial charge on any atom is 0.163 e. The van der Waals surface area contributed by atoms with Crippen LogP contribution in [-0.2, 0) is 6.42 Å². The summed E-state index contributed by atoms with van der Waals surface area (Å²) in [5.41, 5.74) is 1.96. The number of hydrogen-bond acceptors (Lipinski definition) is 3. The number of rotatable bonds is 20. The number of Topliss-reactive ketones (excluding diaryl/α,β-unsaturated/α-hetero) is 1. The fraction of sp³-hybridized carbons (Fsp3) is 0.750. The van der Waals surface area contributed by atoms with E-state index >= 15 is 0 Å². The Morgan fingerprint density at radius 3 is 1.61 bits per heavy atom. The van der Waals surface area contributed by atoms with E-state index in [-0.39, 0.29) is 5.78 Å². The minimum Gasteiger partial charge on any atom is -0.493 e. The highest BCUT2D eigenvalue weighted by molar-refractivity contribution is 5.98. The maximum absolute atomic E-state index is 13.0. The Balaban J connectivity index is 2.58. The summed E-state index contributed by atoms with van der Waals surface area (Å²) in [4.78, 5) is 13.0. The molecule has 0 spiro atoms. The van der Waals surface area contributed by atoms with E-state index in [1.165, 1.54) is 77.0 Å². The van der Waals surface area contributed by atoms with Crippen LogP contribution < -0.4 is 9.47 Å². The van der Waals surface area contributed by atoms with Crippen molar-refractivity contribution in [1.29, 1.82) is 0 Å². The summed E-state index contributed by atoms with van der Waals surface area (Å²) in [6.45, 7) is 4.50. The van der Waals surface area contributed by atoms with Crippen LogP contribution in [0.5, 0.6) is 11.5 Å². The van der Waals surface area contributed by atoms with E-state index in [9.17, 15) is 4.79 Å². The van der Waals surface area contributed by atoms with E-state index in [2.05, 4.69) is 13.8 Å². The van der Waals surface area contributed by atoms with Gasteiger partial charge in [-0.05, 0) is 37.0 Å². The molecule has 0 saturated heterocycles. The number of ether oxygens (including phenoxy) is 2. The predicted molar refractivity (Wildman–Crippen MR) is 133 cm³/mol. The van der Waals surface area contributed by atoms with Crippen molar-refractivity contribution in [2.45, 2.75) is 123 Å². The molecule has 3 heteroatoms. The number of benzene rings is 1. The lowest BCUT2D eigenvalue weighted by Crippen LogP contribution is -2.06. The molecule has 0 N–H and O–H groups in total. The Kier molecular flexibility index (Phi) is 16.1. The van der Waals surface area contributed by atoms with E-state index in [1.807, 2.05) is 12.1 Å². The zero-order chi connectivity index (χ0) is 22.7. The van der Waals surface area contributed by atoms with Crippen molar-refractivity contribution in [2.75, 3.05) is 14.2 Å². The van der Waals surface area contributed by atoms with Gasteiger partial charge in [0.05, 0.1) is 14.2 Å². The van der Waals surface area contributed by atoms with Crippen molar-refractivity contribution in [2.24, 2.45) is 0 Å². The molecule has 178 valence electrons. The van der Waals surface area contributed by atoms with Gasteiger partial charge in [-0.15, -0.1) is 0 Å². The van der Waals surface area contributed by atoms with Crippen LogP contribution in [0.15, 0.2) is 12.1 Å². The lowest BCUT2D eigenvalue weighted by molar-refractivity contribution is 0.0977. The van der Waals surface area contributed by atoms with Gasteiger partial charge in [0.15, 0.2) is 17.3 Å². The van der Waals surface area contributed by atoms with Crippen molar-refractivity contribution in [3.63, 3.8) is 0 Å². The fourth-order valence-corrected chi connectivity index (χ4v) is 4.21. The van der Waals surface area contributed by atoms with Crippen LogP contribution in [0, 0.1) is 0 Å². The molecule has 3 nitrogen and oxygen atoms in total. The van der Waals surface area contributed by atoms with Crippen molar-refractivity contribution in [3.8, 4) is 11.5 Å². The molecule has 0 saturated carbocycles. The largest absolute Gasteiger partial charge is 0.493 e. The number of unbranched alkanes of at least 4 members (excludes halogenated alkanes) is 13. The van der Waals surface area contributed by atoms with E-state index in [4.69, 9.17) is 9.47 Å². The van der Waals surface area contributed by atoms with E-state index in [1.54, 1.807) is 14.2 Å². The SMILES string of the molecule is CCCCCCCCCCc1cc(OC)c(OC)cc1C(=O)CCCCCCCCC. The number of methoxy groups -OCH3 is 2.